The lowest BCUT2D eigenvalue weighted by molar-refractivity contribution is -0.140. The highest BCUT2D eigenvalue weighted by Crippen LogP contribution is 2.19. The van der Waals surface area contributed by atoms with E-state index in [0.29, 0.717) is 9.37 Å². The lowest BCUT2D eigenvalue weighted by Crippen LogP contribution is -2.40. The van der Waals surface area contributed by atoms with Crippen molar-refractivity contribution >= 4 is 33.4 Å². The van der Waals surface area contributed by atoms with E-state index < -0.39 is 18.6 Å². The second kappa shape index (κ2) is 6.38. The van der Waals surface area contributed by atoms with Gasteiger partial charge in [-0.25, -0.2) is 0 Å². The summed E-state index contributed by atoms with van der Waals surface area (Å²) < 4.78 is 37.5. The maximum Gasteiger partial charge on any atom is 0.406 e. The van der Waals surface area contributed by atoms with E-state index in [2.05, 4.69) is 20.9 Å². The lowest BCUT2D eigenvalue weighted by atomic mass is 10.2. The number of alkyl halides is 4. The highest BCUT2D eigenvalue weighted by Gasteiger charge is 2.33. The Morgan fingerprint density at radius 1 is 1.44 bits per heavy atom. The third-order valence-electron chi connectivity index (χ3n) is 1.96. The van der Waals surface area contributed by atoms with Crippen molar-refractivity contribution in [2.45, 2.75) is 6.18 Å². The molecular formula is C10H9BrClF3N2O. The van der Waals surface area contributed by atoms with Crippen LogP contribution in [0.2, 0.25) is 0 Å². The first kappa shape index (κ1) is 15.2. The molecule has 0 spiro atoms. The van der Waals surface area contributed by atoms with E-state index in [0.717, 1.165) is 0 Å². The highest BCUT2D eigenvalue weighted by atomic mass is 79.9. The van der Waals surface area contributed by atoms with Gasteiger partial charge < -0.3 is 4.90 Å². The molecule has 0 radical (unpaired) electrons. The third-order valence-corrected chi connectivity index (χ3v) is 2.57. The summed E-state index contributed by atoms with van der Waals surface area (Å²) >= 11 is 8.50. The molecule has 100 valence electrons. The topological polar surface area (TPSA) is 33.2 Å². The van der Waals surface area contributed by atoms with E-state index >= 15 is 0 Å². The molecule has 0 fully saturated rings. The fourth-order valence-electron chi connectivity index (χ4n) is 1.28. The Kier molecular flexibility index (Phi) is 5.40. The van der Waals surface area contributed by atoms with Crippen molar-refractivity contribution in [3.8, 4) is 0 Å². The summed E-state index contributed by atoms with van der Waals surface area (Å²) in [5.74, 6) is -0.815. The Morgan fingerprint density at radius 3 is 2.61 bits per heavy atom. The number of carbonyl (C=O) groups excluding carboxylic acids is 1. The van der Waals surface area contributed by atoms with Crippen LogP contribution in [0.25, 0.3) is 0 Å². The summed E-state index contributed by atoms with van der Waals surface area (Å²) in [7, 11) is 0. The van der Waals surface area contributed by atoms with Crippen LogP contribution in [-0.4, -0.2) is 40.9 Å². The van der Waals surface area contributed by atoms with E-state index in [1.807, 2.05) is 0 Å². The zero-order chi connectivity index (χ0) is 13.8. The molecule has 0 atom stereocenters. The maximum absolute atomic E-state index is 12.3. The number of rotatable bonds is 4. The van der Waals surface area contributed by atoms with Gasteiger partial charge in [0, 0.05) is 29.3 Å². The van der Waals surface area contributed by atoms with Crippen LogP contribution >= 0.6 is 27.5 Å². The third kappa shape index (κ3) is 4.81. The number of hydrogen-bond donors (Lipinski definition) is 0. The molecule has 0 aliphatic heterocycles. The van der Waals surface area contributed by atoms with Crippen LogP contribution in [0.15, 0.2) is 22.9 Å². The maximum atomic E-state index is 12.3. The number of aromatic nitrogens is 1. The summed E-state index contributed by atoms with van der Waals surface area (Å²) in [5, 5.41) is 0. The van der Waals surface area contributed by atoms with Crippen LogP contribution in [-0.2, 0) is 0 Å². The SMILES string of the molecule is O=C(c1cncc(Br)c1)N(CCCl)CC(F)(F)F. The molecule has 0 saturated heterocycles. The standard InChI is InChI=1S/C10H9BrClF3N2O/c11-8-3-7(4-16-5-8)9(18)17(2-1-12)6-10(13,14)15/h3-5H,1-2,6H2. The lowest BCUT2D eigenvalue weighted by Gasteiger charge is -2.22. The molecule has 1 heterocycles. The molecule has 0 N–H and O–H groups in total. The summed E-state index contributed by atoms with van der Waals surface area (Å²) in [4.78, 5) is 16.3. The molecule has 0 saturated carbocycles. The first-order valence-electron chi connectivity index (χ1n) is 4.86. The van der Waals surface area contributed by atoms with Gasteiger partial charge in [0.25, 0.3) is 5.91 Å². The highest BCUT2D eigenvalue weighted by molar-refractivity contribution is 9.10. The number of amides is 1. The molecule has 0 aromatic carbocycles. The smallest absolute Gasteiger partial charge is 0.328 e. The van der Waals surface area contributed by atoms with Gasteiger partial charge in [0.2, 0.25) is 0 Å². The summed E-state index contributed by atoms with van der Waals surface area (Å²) in [6, 6.07) is 1.41. The summed E-state index contributed by atoms with van der Waals surface area (Å²) in [6.45, 7) is -1.50. The zero-order valence-corrected chi connectivity index (χ0v) is 11.4. The minimum Gasteiger partial charge on any atom is -0.328 e. The van der Waals surface area contributed by atoms with E-state index in [4.69, 9.17) is 11.6 Å². The Morgan fingerprint density at radius 2 is 2.11 bits per heavy atom. The molecule has 1 aromatic heterocycles. The average molecular weight is 346 g/mol. The quantitative estimate of drug-likeness (QED) is 0.786. The Balaban J connectivity index is 2.89. The van der Waals surface area contributed by atoms with Gasteiger partial charge in [0.05, 0.1) is 5.56 Å². The van der Waals surface area contributed by atoms with Crippen LogP contribution in [0, 0.1) is 0 Å². The molecule has 1 amide bonds. The largest absolute Gasteiger partial charge is 0.406 e. The number of pyridine rings is 1. The van der Waals surface area contributed by atoms with Crippen molar-refractivity contribution in [1.82, 2.24) is 9.88 Å². The van der Waals surface area contributed by atoms with Gasteiger partial charge in [-0.2, -0.15) is 13.2 Å². The minimum atomic E-state index is -4.46. The van der Waals surface area contributed by atoms with Gasteiger partial charge >= 0.3 is 6.18 Å². The van der Waals surface area contributed by atoms with Crippen LogP contribution in [0.5, 0.6) is 0 Å². The first-order valence-corrected chi connectivity index (χ1v) is 6.19. The molecule has 1 rings (SSSR count). The first-order chi connectivity index (χ1) is 8.33. The van der Waals surface area contributed by atoms with Crippen LogP contribution in [0.1, 0.15) is 10.4 Å². The molecule has 18 heavy (non-hydrogen) atoms. The van der Waals surface area contributed by atoms with Gasteiger partial charge in [-0.1, -0.05) is 0 Å². The molecule has 0 aliphatic carbocycles. The van der Waals surface area contributed by atoms with Crippen molar-refractivity contribution in [3.63, 3.8) is 0 Å². The predicted molar refractivity (Wildman–Crippen MR) is 64.6 cm³/mol. The van der Waals surface area contributed by atoms with Crippen molar-refractivity contribution < 1.29 is 18.0 Å². The number of halogens is 5. The molecule has 3 nitrogen and oxygen atoms in total. The summed E-state index contributed by atoms with van der Waals surface area (Å²) in [6.07, 6.45) is -1.81. The van der Waals surface area contributed by atoms with Gasteiger partial charge in [-0.05, 0) is 22.0 Å². The van der Waals surface area contributed by atoms with Gasteiger partial charge in [-0.3, -0.25) is 9.78 Å². The second-order valence-corrected chi connectivity index (χ2v) is 4.72. The molecule has 8 heteroatoms. The Labute approximate surface area is 115 Å². The Hall–Kier alpha value is -0.820. The molecule has 0 unspecified atom stereocenters. The fraction of sp³-hybridized carbons (Fsp3) is 0.400. The average Bonchev–Trinajstić information content (AvgIpc) is 2.26. The molecule has 0 bridgehead atoms. The minimum absolute atomic E-state index is 0.0662. The number of hydrogen-bond acceptors (Lipinski definition) is 2. The molecule has 1 aromatic rings. The zero-order valence-electron chi connectivity index (χ0n) is 9.05. The van der Waals surface area contributed by atoms with Crippen LogP contribution < -0.4 is 0 Å². The van der Waals surface area contributed by atoms with Crippen LogP contribution in [0.3, 0.4) is 0 Å². The van der Waals surface area contributed by atoms with Gasteiger partial charge in [0.15, 0.2) is 0 Å². The van der Waals surface area contributed by atoms with Crippen molar-refractivity contribution in [2.24, 2.45) is 0 Å². The van der Waals surface area contributed by atoms with E-state index in [1.165, 1.54) is 18.5 Å². The van der Waals surface area contributed by atoms with Crippen molar-refractivity contribution in [2.75, 3.05) is 19.0 Å². The second-order valence-electron chi connectivity index (χ2n) is 3.42. The van der Waals surface area contributed by atoms with E-state index in [-0.39, 0.29) is 18.0 Å². The normalized spacial score (nSPS) is 11.4. The fourth-order valence-corrected chi connectivity index (χ4v) is 1.85. The molecular weight excluding hydrogens is 336 g/mol. The van der Waals surface area contributed by atoms with E-state index in [9.17, 15) is 18.0 Å². The monoisotopic (exact) mass is 344 g/mol. The summed E-state index contributed by atoms with van der Waals surface area (Å²) in [5.41, 5.74) is 0.0822. The Bertz CT molecular complexity index is 428. The molecule has 0 aliphatic rings. The van der Waals surface area contributed by atoms with E-state index in [1.54, 1.807) is 0 Å². The number of carbonyl (C=O) groups is 1. The van der Waals surface area contributed by atoms with Gasteiger partial charge in [-0.15, -0.1) is 11.6 Å². The van der Waals surface area contributed by atoms with Gasteiger partial charge in [0.1, 0.15) is 6.54 Å². The number of nitrogens with zero attached hydrogens (tertiary/aromatic N) is 2. The van der Waals surface area contributed by atoms with Crippen LogP contribution in [0.4, 0.5) is 13.2 Å². The predicted octanol–water partition coefficient (Wildman–Crippen LogP) is 3.09. The van der Waals surface area contributed by atoms with Crippen molar-refractivity contribution in [1.29, 1.82) is 0 Å². The van der Waals surface area contributed by atoms with Crippen molar-refractivity contribution in [3.05, 3.63) is 28.5 Å².